The van der Waals surface area contributed by atoms with E-state index in [0.29, 0.717) is 18.7 Å². The number of carbonyl (C=O) groups excluding carboxylic acids is 2. The summed E-state index contributed by atoms with van der Waals surface area (Å²) in [7, 11) is 0. The first kappa shape index (κ1) is 18.7. The molecule has 2 aromatic carbocycles. The number of likely N-dealkylation sites (tertiary alicyclic amines) is 2. The molecule has 2 aliphatic rings. The zero-order valence-electron chi connectivity index (χ0n) is 16.5. The Morgan fingerprint density at radius 1 is 0.821 bits per heavy atom. The Balaban J connectivity index is 1.58. The molecule has 0 N–H and O–H groups in total. The number of nitrogens with zero attached hydrogens (tertiary/aromatic N) is 2. The Morgan fingerprint density at radius 3 is 2.18 bits per heavy atom. The van der Waals surface area contributed by atoms with Gasteiger partial charge in [-0.25, -0.2) is 0 Å². The maximum atomic E-state index is 13.3. The van der Waals surface area contributed by atoms with Gasteiger partial charge in [-0.1, -0.05) is 48.0 Å². The molecular weight excluding hydrogens is 348 g/mol. The highest BCUT2D eigenvalue weighted by Crippen LogP contribution is 2.35. The van der Waals surface area contributed by atoms with Crippen molar-refractivity contribution in [3.8, 4) is 0 Å². The summed E-state index contributed by atoms with van der Waals surface area (Å²) in [5, 5.41) is 0. The number of hydrogen-bond acceptors (Lipinski definition) is 2. The molecule has 2 amide bonds. The van der Waals surface area contributed by atoms with Crippen molar-refractivity contribution in [1.82, 2.24) is 9.80 Å². The van der Waals surface area contributed by atoms with Crippen LogP contribution in [0.15, 0.2) is 54.6 Å². The second-order valence-electron chi connectivity index (χ2n) is 8.09. The number of carbonyl (C=O) groups is 2. The van der Waals surface area contributed by atoms with Crippen LogP contribution in [0, 0.1) is 12.8 Å². The molecule has 2 unspecified atom stereocenters. The lowest BCUT2D eigenvalue weighted by Crippen LogP contribution is -2.42. The number of rotatable bonds is 3. The van der Waals surface area contributed by atoms with Crippen molar-refractivity contribution in [1.29, 1.82) is 0 Å². The maximum absolute atomic E-state index is 13.3. The number of amides is 2. The highest BCUT2D eigenvalue weighted by atomic mass is 16.2. The number of piperidine rings is 1. The fourth-order valence-corrected chi connectivity index (χ4v) is 4.49. The largest absolute Gasteiger partial charge is 0.342 e. The average molecular weight is 377 g/mol. The minimum absolute atomic E-state index is 0.0230. The van der Waals surface area contributed by atoms with Gasteiger partial charge in [0.25, 0.3) is 5.91 Å². The van der Waals surface area contributed by atoms with Gasteiger partial charge in [0.15, 0.2) is 0 Å². The smallest absolute Gasteiger partial charge is 0.253 e. The van der Waals surface area contributed by atoms with E-state index in [1.807, 2.05) is 59.2 Å². The normalized spacial score (nSPS) is 22.3. The Bertz CT molecular complexity index is 825. The van der Waals surface area contributed by atoms with Gasteiger partial charge in [-0.2, -0.15) is 0 Å². The lowest BCUT2D eigenvalue weighted by Gasteiger charge is -2.30. The van der Waals surface area contributed by atoms with Crippen LogP contribution in [0.3, 0.4) is 0 Å². The Kier molecular flexibility index (Phi) is 5.47. The van der Waals surface area contributed by atoms with Gasteiger partial charge in [0.05, 0.1) is 5.92 Å². The third kappa shape index (κ3) is 3.82. The summed E-state index contributed by atoms with van der Waals surface area (Å²) in [5.41, 5.74) is 2.99. The van der Waals surface area contributed by atoms with Crippen LogP contribution in [0.5, 0.6) is 0 Å². The maximum Gasteiger partial charge on any atom is 0.253 e. The van der Waals surface area contributed by atoms with E-state index in [1.165, 1.54) is 6.42 Å². The van der Waals surface area contributed by atoms with E-state index in [1.54, 1.807) is 0 Å². The monoisotopic (exact) mass is 376 g/mol. The average Bonchev–Trinajstić information content (AvgIpc) is 3.20. The molecule has 0 aliphatic carbocycles. The van der Waals surface area contributed by atoms with Gasteiger partial charge in [-0.3, -0.25) is 9.59 Å². The summed E-state index contributed by atoms with van der Waals surface area (Å²) in [6.07, 6.45) is 3.37. The molecule has 146 valence electrons. The molecule has 28 heavy (non-hydrogen) atoms. The highest BCUT2D eigenvalue weighted by Gasteiger charge is 2.42. The molecule has 2 fully saturated rings. The van der Waals surface area contributed by atoms with Gasteiger partial charge in [-0.15, -0.1) is 0 Å². The minimum atomic E-state index is -0.158. The third-order valence-corrected chi connectivity index (χ3v) is 6.12. The van der Waals surface area contributed by atoms with E-state index < -0.39 is 0 Å². The fraction of sp³-hybridized carbons (Fsp3) is 0.417. The van der Waals surface area contributed by atoms with Crippen molar-refractivity contribution in [3.63, 3.8) is 0 Å². The standard InChI is InChI=1S/C24H28N2O2/c1-18-10-12-20(13-11-18)23(27)26-16-21(19-8-4-2-5-9-19)22(17-26)24(28)25-14-6-3-7-15-25/h2,4-5,8-13,21-22H,3,6-7,14-17H2,1H3. The molecule has 0 spiro atoms. The SMILES string of the molecule is Cc1ccc(C(=O)N2CC(C(=O)N3CCCCC3)C(c3ccccc3)C2)cc1. The van der Waals surface area contributed by atoms with Crippen molar-refractivity contribution >= 4 is 11.8 Å². The number of hydrogen-bond donors (Lipinski definition) is 0. The van der Waals surface area contributed by atoms with Gasteiger partial charge in [0.1, 0.15) is 0 Å². The Hall–Kier alpha value is -2.62. The van der Waals surface area contributed by atoms with Crippen LogP contribution in [0.25, 0.3) is 0 Å². The zero-order chi connectivity index (χ0) is 19.5. The number of benzene rings is 2. The van der Waals surface area contributed by atoms with Gasteiger partial charge in [-0.05, 0) is 43.9 Å². The summed E-state index contributed by atoms with van der Waals surface area (Å²) in [6.45, 7) is 4.82. The molecular formula is C24H28N2O2. The number of aryl methyl sites for hydroxylation is 1. The van der Waals surface area contributed by atoms with E-state index in [4.69, 9.17) is 0 Å². The molecule has 2 saturated heterocycles. The topological polar surface area (TPSA) is 40.6 Å². The Morgan fingerprint density at radius 2 is 1.50 bits per heavy atom. The third-order valence-electron chi connectivity index (χ3n) is 6.12. The van der Waals surface area contributed by atoms with Gasteiger partial charge >= 0.3 is 0 Å². The van der Waals surface area contributed by atoms with Crippen LogP contribution in [-0.2, 0) is 4.79 Å². The summed E-state index contributed by atoms with van der Waals surface area (Å²) in [5.74, 6) is 0.141. The molecule has 0 saturated carbocycles. The lowest BCUT2D eigenvalue weighted by molar-refractivity contribution is -0.136. The highest BCUT2D eigenvalue weighted by molar-refractivity contribution is 5.95. The molecule has 2 atom stereocenters. The summed E-state index contributed by atoms with van der Waals surface area (Å²) >= 11 is 0. The van der Waals surface area contributed by atoms with Gasteiger partial charge in [0.2, 0.25) is 5.91 Å². The lowest BCUT2D eigenvalue weighted by atomic mass is 9.87. The Labute approximate surface area is 167 Å². The fourth-order valence-electron chi connectivity index (χ4n) is 4.49. The van der Waals surface area contributed by atoms with E-state index in [2.05, 4.69) is 12.1 Å². The summed E-state index contributed by atoms with van der Waals surface area (Å²) < 4.78 is 0. The van der Waals surface area contributed by atoms with Crippen molar-refractivity contribution in [2.24, 2.45) is 5.92 Å². The molecule has 4 nitrogen and oxygen atoms in total. The minimum Gasteiger partial charge on any atom is -0.342 e. The van der Waals surface area contributed by atoms with E-state index in [0.717, 1.165) is 37.1 Å². The summed E-state index contributed by atoms with van der Waals surface area (Å²) in [6, 6.07) is 17.9. The van der Waals surface area contributed by atoms with Crippen LogP contribution in [-0.4, -0.2) is 47.8 Å². The molecule has 0 bridgehead atoms. The van der Waals surface area contributed by atoms with E-state index >= 15 is 0 Å². The predicted octanol–water partition coefficient (Wildman–Crippen LogP) is 3.86. The van der Waals surface area contributed by atoms with E-state index in [9.17, 15) is 9.59 Å². The predicted molar refractivity (Wildman–Crippen MR) is 110 cm³/mol. The van der Waals surface area contributed by atoms with E-state index in [-0.39, 0.29) is 23.7 Å². The first-order chi connectivity index (χ1) is 13.6. The molecule has 2 heterocycles. The molecule has 0 radical (unpaired) electrons. The zero-order valence-corrected chi connectivity index (χ0v) is 16.5. The van der Waals surface area contributed by atoms with Crippen LogP contribution in [0.4, 0.5) is 0 Å². The van der Waals surface area contributed by atoms with Crippen LogP contribution in [0.1, 0.15) is 46.7 Å². The molecule has 2 aliphatic heterocycles. The first-order valence-corrected chi connectivity index (χ1v) is 10.3. The van der Waals surface area contributed by atoms with Gasteiger partial charge in [0, 0.05) is 37.7 Å². The quantitative estimate of drug-likeness (QED) is 0.816. The molecule has 4 rings (SSSR count). The van der Waals surface area contributed by atoms with Crippen molar-refractivity contribution in [2.45, 2.75) is 32.1 Å². The van der Waals surface area contributed by atoms with Crippen molar-refractivity contribution < 1.29 is 9.59 Å². The van der Waals surface area contributed by atoms with Crippen molar-refractivity contribution in [3.05, 3.63) is 71.3 Å². The van der Waals surface area contributed by atoms with Crippen LogP contribution in [0.2, 0.25) is 0 Å². The second-order valence-corrected chi connectivity index (χ2v) is 8.09. The molecule has 4 heteroatoms. The van der Waals surface area contributed by atoms with Gasteiger partial charge < -0.3 is 9.80 Å². The van der Waals surface area contributed by atoms with Crippen molar-refractivity contribution in [2.75, 3.05) is 26.2 Å². The molecule has 2 aromatic rings. The summed E-state index contributed by atoms with van der Waals surface area (Å²) in [4.78, 5) is 30.3. The van der Waals surface area contributed by atoms with Crippen LogP contribution < -0.4 is 0 Å². The molecule has 0 aromatic heterocycles. The van der Waals surface area contributed by atoms with Crippen LogP contribution >= 0.6 is 0 Å². The second kappa shape index (κ2) is 8.17. The first-order valence-electron chi connectivity index (χ1n) is 10.3.